The minimum absolute atomic E-state index is 0.137. The summed E-state index contributed by atoms with van der Waals surface area (Å²) in [5.41, 5.74) is 3.00. The Morgan fingerprint density at radius 3 is 2.28 bits per heavy atom. The Hall–Kier alpha value is -2.62. The molecule has 1 atom stereocenters. The van der Waals surface area contributed by atoms with Crippen molar-refractivity contribution in [3.8, 4) is 11.1 Å². The van der Waals surface area contributed by atoms with E-state index in [0.717, 1.165) is 37.8 Å². The smallest absolute Gasteiger partial charge is 0.230 e. The highest BCUT2D eigenvalue weighted by Gasteiger charge is 2.46. The van der Waals surface area contributed by atoms with E-state index in [1.54, 1.807) is 4.90 Å². The molecule has 2 aliphatic rings. The number of hydrogen-bond donors (Lipinski definition) is 0. The van der Waals surface area contributed by atoms with Crippen molar-refractivity contribution in [2.75, 3.05) is 27.2 Å². The maximum absolute atomic E-state index is 13.3. The first kappa shape index (κ1) is 19.7. The van der Waals surface area contributed by atoms with Gasteiger partial charge in [-0.25, -0.2) is 0 Å². The van der Waals surface area contributed by atoms with Crippen LogP contribution in [0.1, 0.15) is 31.2 Å². The number of hydrogen-bond acceptors (Lipinski definition) is 2. The van der Waals surface area contributed by atoms with Gasteiger partial charge in [-0.3, -0.25) is 9.59 Å². The van der Waals surface area contributed by atoms with Crippen LogP contribution in [0.15, 0.2) is 54.6 Å². The SMILES string of the molecule is CN(C)C(=O)[C@@]1(Cc2ccc(-c3ccccc3)cc2)CCCN(C(=O)C2CC2)C1. The van der Waals surface area contributed by atoms with Crippen LogP contribution in [-0.2, 0) is 16.0 Å². The van der Waals surface area contributed by atoms with Gasteiger partial charge in [0.1, 0.15) is 0 Å². The molecule has 0 spiro atoms. The van der Waals surface area contributed by atoms with Crippen LogP contribution < -0.4 is 0 Å². The molecule has 1 saturated heterocycles. The first-order valence-electron chi connectivity index (χ1n) is 10.6. The lowest BCUT2D eigenvalue weighted by Gasteiger charge is -2.43. The molecule has 0 radical (unpaired) electrons. The standard InChI is InChI=1S/C25H30N2O2/c1-26(2)24(29)25(15-6-16-27(18-25)23(28)22-13-14-22)17-19-9-11-21(12-10-19)20-7-4-3-5-8-20/h3-5,7-12,22H,6,13-18H2,1-2H3/t25-/m1/s1. The van der Waals surface area contributed by atoms with Crippen LogP contribution in [0, 0.1) is 11.3 Å². The molecular formula is C25H30N2O2. The maximum Gasteiger partial charge on any atom is 0.230 e. The predicted molar refractivity (Wildman–Crippen MR) is 115 cm³/mol. The second kappa shape index (κ2) is 8.02. The van der Waals surface area contributed by atoms with E-state index in [1.165, 1.54) is 11.1 Å². The van der Waals surface area contributed by atoms with E-state index in [0.29, 0.717) is 13.0 Å². The van der Waals surface area contributed by atoms with Crippen molar-refractivity contribution in [3.63, 3.8) is 0 Å². The highest BCUT2D eigenvalue weighted by molar-refractivity contribution is 5.86. The van der Waals surface area contributed by atoms with Crippen LogP contribution in [0.2, 0.25) is 0 Å². The average molecular weight is 391 g/mol. The molecule has 152 valence electrons. The molecule has 1 aliphatic carbocycles. The first-order chi connectivity index (χ1) is 14.0. The number of benzene rings is 2. The second-order valence-corrected chi connectivity index (χ2v) is 8.86. The molecule has 0 bridgehead atoms. The third-order valence-corrected chi connectivity index (χ3v) is 6.28. The van der Waals surface area contributed by atoms with Gasteiger partial charge in [0.25, 0.3) is 0 Å². The fourth-order valence-corrected chi connectivity index (χ4v) is 4.61. The third-order valence-electron chi connectivity index (χ3n) is 6.28. The van der Waals surface area contributed by atoms with Crippen molar-refractivity contribution in [2.45, 2.75) is 32.1 Å². The zero-order valence-corrected chi connectivity index (χ0v) is 17.4. The lowest BCUT2D eigenvalue weighted by atomic mass is 9.73. The largest absolute Gasteiger partial charge is 0.348 e. The highest BCUT2D eigenvalue weighted by atomic mass is 16.2. The molecule has 4 nitrogen and oxygen atoms in total. The Morgan fingerprint density at radius 1 is 1.00 bits per heavy atom. The Balaban J connectivity index is 1.57. The maximum atomic E-state index is 13.3. The zero-order chi connectivity index (χ0) is 20.4. The molecule has 2 amide bonds. The minimum Gasteiger partial charge on any atom is -0.348 e. The number of carbonyl (C=O) groups is 2. The monoisotopic (exact) mass is 390 g/mol. The quantitative estimate of drug-likeness (QED) is 0.774. The van der Waals surface area contributed by atoms with Crippen molar-refractivity contribution >= 4 is 11.8 Å². The number of likely N-dealkylation sites (tertiary alicyclic amines) is 1. The van der Waals surface area contributed by atoms with E-state index in [1.807, 2.05) is 37.2 Å². The van der Waals surface area contributed by atoms with Crippen molar-refractivity contribution in [1.29, 1.82) is 0 Å². The summed E-state index contributed by atoms with van der Waals surface area (Å²) in [6.45, 7) is 1.32. The molecule has 4 heteroatoms. The topological polar surface area (TPSA) is 40.6 Å². The van der Waals surface area contributed by atoms with Crippen LogP contribution in [0.4, 0.5) is 0 Å². The van der Waals surface area contributed by atoms with E-state index in [9.17, 15) is 9.59 Å². The van der Waals surface area contributed by atoms with Crippen LogP contribution in [0.3, 0.4) is 0 Å². The lowest BCUT2D eigenvalue weighted by molar-refractivity contribution is -0.147. The minimum atomic E-state index is -0.527. The molecule has 0 unspecified atom stereocenters. The summed E-state index contributed by atoms with van der Waals surface area (Å²) < 4.78 is 0. The molecule has 1 heterocycles. The Labute approximate surface area is 173 Å². The van der Waals surface area contributed by atoms with Gasteiger partial charge < -0.3 is 9.80 Å². The van der Waals surface area contributed by atoms with Gasteiger partial charge in [0, 0.05) is 33.1 Å². The lowest BCUT2D eigenvalue weighted by Crippen LogP contribution is -2.54. The fraction of sp³-hybridized carbons (Fsp3) is 0.440. The Bertz CT molecular complexity index is 871. The molecule has 2 fully saturated rings. The summed E-state index contributed by atoms with van der Waals surface area (Å²) in [5, 5.41) is 0. The molecule has 0 N–H and O–H groups in total. The van der Waals surface area contributed by atoms with Gasteiger partial charge in [0.15, 0.2) is 0 Å². The second-order valence-electron chi connectivity index (χ2n) is 8.86. The van der Waals surface area contributed by atoms with Crippen LogP contribution in [-0.4, -0.2) is 48.8 Å². The first-order valence-corrected chi connectivity index (χ1v) is 10.6. The fourth-order valence-electron chi connectivity index (χ4n) is 4.61. The van der Waals surface area contributed by atoms with Crippen molar-refractivity contribution in [2.24, 2.45) is 11.3 Å². The van der Waals surface area contributed by atoms with Crippen LogP contribution >= 0.6 is 0 Å². The molecule has 2 aromatic carbocycles. The van der Waals surface area contributed by atoms with E-state index in [-0.39, 0.29) is 17.7 Å². The number of carbonyl (C=O) groups excluding carboxylic acids is 2. The van der Waals surface area contributed by atoms with Gasteiger partial charge in [-0.15, -0.1) is 0 Å². The highest BCUT2D eigenvalue weighted by Crippen LogP contribution is 2.39. The Kier molecular flexibility index (Phi) is 5.44. The normalized spacial score (nSPS) is 21.7. The molecule has 1 saturated carbocycles. The summed E-state index contributed by atoms with van der Waals surface area (Å²) in [7, 11) is 3.65. The number of nitrogens with zero attached hydrogens (tertiary/aromatic N) is 2. The predicted octanol–water partition coefficient (Wildman–Crippen LogP) is 4.00. The van der Waals surface area contributed by atoms with E-state index < -0.39 is 5.41 Å². The van der Waals surface area contributed by atoms with Crippen LogP contribution in [0.25, 0.3) is 11.1 Å². The third kappa shape index (κ3) is 4.21. The average Bonchev–Trinajstić information content (AvgIpc) is 3.59. The van der Waals surface area contributed by atoms with Gasteiger partial charge >= 0.3 is 0 Å². The summed E-state index contributed by atoms with van der Waals surface area (Å²) in [4.78, 5) is 29.6. The molecule has 29 heavy (non-hydrogen) atoms. The molecule has 4 rings (SSSR count). The van der Waals surface area contributed by atoms with Crippen LogP contribution in [0.5, 0.6) is 0 Å². The molecule has 1 aliphatic heterocycles. The van der Waals surface area contributed by atoms with Gasteiger partial charge in [-0.05, 0) is 48.8 Å². The van der Waals surface area contributed by atoms with Gasteiger partial charge in [-0.2, -0.15) is 0 Å². The van der Waals surface area contributed by atoms with E-state index in [4.69, 9.17) is 0 Å². The molecule has 0 aromatic heterocycles. The van der Waals surface area contributed by atoms with Gasteiger partial charge in [-0.1, -0.05) is 54.6 Å². The summed E-state index contributed by atoms with van der Waals surface area (Å²) in [5.74, 6) is 0.586. The van der Waals surface area contributed by atoms with E-state index in [2.05, 4.69) is 36.4 Å². The summed E-state index contributed by atoms with van der Waals surface area (Å²) in [6.07, 6.45) is 4.41. The molecular weight excluding hydrogens is 360 g/mol. The molecule has 2 aromatic rings. The number of amides is 2. The van der Waals surface area contributed by atoms with Crippen molar-refractivity contribution in [3.05, 3.63) is 60.2 Å². The summed E-state index contributed by atoms with van der Waals surface area (Å²) in [6, 6.07) is 18.9. The van der Waals surface area contributed by atoms with Gasteiger partial charge in [0.05, 0.1) is 5.41 Å². The number of rotatable bonds is 5. The van der Waals surface area contributed by atoms with Crippen molar-refractivity contribution in [1.82, 2.24) is 9.80 Å². The van der Waals surface area contributed by atoms with E-state index >= 15 is 0 Å². The van der Waals surface area contributed by atoms with Crippen molar-refractivity contribution < 1.29 is 9.59 Å². The zero-order valence-electron chi connectivity index (χ0n) is 17.4. The van der Waals surface area contributed by atoms with Gasteiger partial charge in [0.2, 0.25) is 11.8 Å². The summed E-state index contributed by atoms with van der Waals surface area (Å²) >= 11 is 0. The Morgan fingerprint density at radius 2 is 1.66 bits per heavy atom. The number of piperidine rings is 1.